The van der Waals surface area contributed by atoms with Gasteiger partial charge in [0.15, 0.2) is 0 Å². The van der Waals surface area contributed by atoms with E-state index in [1.54, 1.807) is 0 Å². The van der Waals surface area contributed by atoms with E-state index < -0.39 is 5.97 Å². The van der Waals surface area contributed by atoms with Crippen molar-refractivity contribution < 1.29 is 9.90 Å². The Bertz CT molecular complexity index is 478. The predicted molar refractivity (Wildman–Crippen MR) is 73.6 cm³/mol. The van der Waals surface area contributed by atoms with E-state index in [0.717, 1.165) is 6.92 Å². The molecule has 3 nitrogen and oxygen atoms in total. The fourth-order valence-corrected chi connectivity index (χ4v) is 2.57. The Labute approximate surface area is 110 Å². The number of carboxylic acids is 1. The molecule has 2 aromatic rings. The maximum absolute atomic E-state index is 9.00. The first-order valence-corrected chi connectivity index (χ1v) is 6.31. The van der Waals surface area contributed by atoms with Gasteiger partial charge in [-0.05, 0) is 24.3 Å². The van der Waals surface area contributed by atoms with Gasteiger partial charge in [0.25, 0.3) is 5.97 Å². The van der Waals surface area contributed by atoms with Gasteiger partial charge in [-0.1, -0.05) is 36.0 Å². The van der Waals surface area contributed by atoms with Gasteiger partial charge in [0, 0.05) is 16.7 Å². The maximum atomic E-state index is 9.00. The van der Waals surface area contributed by atoms with Crippen LogP contribution in [-0.2, 0) is 4.79 Å². The van der Waals surface area contributed by atoms with Crippen LogP contribution in [-0.4, -0.2) is 11.1 Å². The second-order valence-corrected chi connectivity index (χ2v) is 4.82. The quantitative estimate of drug-likeness (QED) is 0.641. The minimum atomic E-state index is -0.833. The van der Waals surface area contributed by atoms with Gasteiger partial charge in [-0.2, -0.15) is 0 Å². The average Bonchev–Trinajstić information content (AvgIpc) is 2.35. The van der Waals surface area contributed by atoms with E-state index in [4.69, 9.17) is 9.90 Å². The maximum Gasteiger partial charge on any atom is 0.300 e. The average molecular weight is 259 g/mol. The molecule has 3 rings (SSSR count). The molecule has 4 heteroatoms. The van der Waals surface area contributed by atoms with Gasteiger partial charge in [-0.25, -0.2) is 0 Å². The van der Waals surface area contributed by atoms with Crippen molar-refractivity contribution in [3.63, 3.8) is 0 Å². The molecule has 0 aliphatic carbocycles. The highest BCUT2D eigenvalue weighted by Crippen LogP contribution is 2.43. The molecule has 92 valence electrons. The van der Waals surface area contributed by atoms with Gasteiger partial charge in [-0.3, -0.25) is 4.79 Å². The van der Waals surface area contributed by atoms with Crippen LogP contribution >= 0.6 is 11.8 Å². The molecule has 0 aromatic heterocycles. The number of carboxylic acid groups (broad SMARTS) is 1. The molecule has 0 radical (unpaired) electrons. The fraction of sp³-hybridized carbons (Fsp3) is 0.0714. The highest BCUT2D eigenvalue weighted by molar-refractivity contribution is 7.99. The Morgan fingerprint density at radius 1 is 1.00 bits per heavy atom. The Balaban J connectivity index is 0.000000267. The summed E-state index contributed by atoms with van der Waals surface area (Å²) in [6.45, 7) is 1.08. The van der Waals surface area contributed by atoms with Gasteiger partial charge in [-0.15, -0.1) is 0 Å². The third-order valence-electron chi connectivity index (χ3n) is 2.26. The Hall–Kier alpha value is -1.94. The Morgan fingerprint density at radius 3 is 1.83 bits per heavy atom. The molecule has 1 aliphatic rings. The molecule has 0 bridgehead atoms. The molecule has 18 heavy (non-hydrogen) atoms. The summed E-state index contributed by atoms with van der Waals surface area (Å²) in [5, 5.41) is 10.8. The van der Waals surface area contributed by atoms with E-state index in [2.05, 4.69) is 53.8 Å². The molecule has 0 atom stereocenters. The number of hydrogen-bond acceptors (Lipinski definition) is 3. The summed E-state index contributed by atoms with van der Waals surface area (Å²) < 4.78 is 0. The summed E-state index contributed by atoms with van der Waals surface area (Å²) in [7, 11) is 0. The molecule has 2 N–H and O–H groups in total. The van der Waals surface area contributed by atoms with E-state index in [1.165, 1.54) is 21.2 Å². The number of para-hydroxylation sites is 2. The lowest BCUT2D eigenvalue weighted by Gasteiger charge is -2.19. The normalized spacial score (nSPS) is 11.2. The van der Waals surface area contributed by atoms with Crippen LogP contribution in [0.1, 0.15) is 6.92 Å². The van der Waals surface area contributed by atoms with Gasteiger partial charge >= 0.3 is 0 Å². The molecule has 0 amide bonds. The monoisotopic (exact) mass is 259 g/mol. The molecule has 0 saturated heterocycles. The number of hydrogen-bond donors (Lipinski definition) is 2. The summed E-state index contributed by atoms with van der Waals surface area (Å²) in [6, 6.07) is 16.8. The van der Waals surface area contributed by atoms with Crippen LogP contribution in [0.25, 0.3) is 0 Å². The smallest absolute Gasteiger partial charge is 0.300 e. The van der Waals surface area contributed by atoms with Crippen molar-refractivity contribution in [3.8, 4) is 0 Å². The molecular weight excluding hydrogens is 246 g/mol. The zero-order valence-electron chi connectivity index (χ0n) is 9.88. The molecule has 0 spiro atoms. The predicted octanol–water partition coefficient (Wildman–Crippen LogP) is 3.99. The van der Waals surface area contributed by atoms with Crippen molar-refractivity contribution in [3.05, 3.63) is 48.5 Å². The standard InChI is InChI=1S/C12H9NS.C2H4O2/c1-3-7-11-9(5-1)13-10-6-2-4-8-12(10)14-11;1-2(3)4/h1-8,13H;1H3,(H,3,4). The summed E-state index contributed by atoms with van der Waals surface area (Å²) in [6.07, 6.45) is 0. The van der Waals surface area contributed by atoms with Crippen molar-refractivity contribution in [1.82, 2.24) is 0 Å². The highest BCUT2D eigenvalue weighted by Gasteiger charge is 2.13. The zero-order chi connectivity index (χ0) is 13.0. The number of aliphatic carboxylic acids is 1. The third-order valence-corrected chi connectivity index (χ3v) is 3.42. The first-order valence-electron chi connectivity index (χ1n) is 5.49. The topological polar surface area (TPSA) is 49.3 Å². The second kappa shape index (κ2) is 5.60. The summed E-state index contributed by atoms with van der Waals surface area (Å²) in [5.74, 6) is -0.833. The van der Waals surface area contributed by atoms with Crippen LogP contribution in [0.3, 0.4) is 0 Å². The SMILES string of the molecule is CC(=O)O.c1ccc2c(c1)Nc1ccccc1S2. The van der Waals surface area contributed by atoms with Gasteiger partial charge in [0.1, 0.15) is 0 Å². The second-order valence-electron chi connectivity index (χ2n) is 3.74. The molecule has 2 aromatic carbocycles. The lowest BCUT2D eigenvalue weighted by molar-refractivity contribution is -0.134. The zero-order valence-corrected chi connectivity index (χ0v) is 10.7. The molecule has 1 aliphatic heterocycles. The minimum Gasteiger partial charge on any atom is -0.481 e. The van der Waals surface area contributed by atoms with Crippen LogP contribution in [0.4, 0.5) is 11.4 Å². The van der Waals surface area contributed by atoms with Gasteiger partial charge < -0.3 is 10.4 Å². The van der Waals surface area contributed by atoms with E-state index in [1.807, 2.05) is 11.8 Å². The van der Waals surface area contributed by atoms with Gasteiger partial charge in [0.05, 0.1) is 11.4 Å². The van der Waals surface area contributed by atoms with E-state index in [9.17, 15) is 0 Å². The first kappa shape index (κ1) is 12.5. The van der Waals surface area contributed by atoms with Crippen molar-refractivity contribution in [2.75, 3.05) is 5.32 Å². The van der Waals surface area contributed by atoms with Crippen molar-refractivity contribution in [1.29, 1.82) is 0 Å². The Kier molecular flexibility index (Phi) is 3.89. The molecular formula is C14H13NO2S. The van der Waals surface area contributed by atoms with Crippen LogP contribution in [0.2, 0.25) is 0 Å². The largest absolute Gasteiger partial charge is 0.481 e. The fourth-order valence-electron chi connectivity index (χ4n) is 1.58. The van der Waals surface area contributed by atoms with Crippen molar-refractivity contribution >= 4 is 29.1 Å². The van der Waals surface area contributed by atoms with Crippen LogP contribution in [0.15, 0.2) is 58.3 Å². The van der Waals surface area contributed by atoms with Gasteiger partial charge in [0.2, 0.25) is 0 Å². The van der Waals surface area contributed by atoms with Crippen LogP contribution < -0.4 is 5.32 Å². The van der Waals surface area contributed by atoms with E-state index in [0.29, 0.717) is 0 Å². The summed E-state index contributed by atoms with van der Waals surface area (Å²) in [4.78, 5) is 11.6. The third kappa shape index (κ3) is 3.05. The van der Waals surface area contributed by atoms with Crippen LogP contribution in [0.5, 0.6) is 0 Å². The number of nitrogens with one attached hydrogen (secondary N) is 1. The van der Waals surface area contributed by atoms with Crippen molar-refractivity contribution in [2.45, 2.75) is 16.7 Å². The first-order chi connectivity index (χ1) is 8.66. The van der Waals surface area contributed by atoms with E-state index in [-0.39, 0.29) is 0 Å². The highest BCUT2D eigenvalue weighted by atomic mass is 32.2. The summed E-state index contributed by atoms with van der Waals surface area (Å²) in [5.41, 5.74) is 2.41. The number of anilines is 2. The summed E-state index contributed by atoms with van der Waals surface area (Å²) >= 11 is 1.82. The molecule has 0 fully saturated rings. The lowest BCUT2D eigenvalue weighted by atomic mass is 10.2. The number of carbonyl (C=O) groups is 1. The van der Waals surface area contributed by atoms with Crippen LogP contribution in [0, 0.1) is 0 Å². The minimum absolute atomic E-state index is 0.833. The number of benzene rings is 2. The lowest BCUT2D eigenvalue weighted by Crippen LogP contribution is -1.98. The molecule has 0 saturated carbocycles. The number of fused-ring (bicyclic) bond motifs is 2. The molecule has 1 heterocycles. The Morgan fingerprint density at radius 2 is 1.39 bits per heavy atom. The number of rotatable bonds is 0. The van der Waals surface area contributed by atoms with E-state index >= 15 is 0 Å². The van der Waals surface area contributed by atoms with Crippen molar-refractivity contribution in [2.24, 2.45) is 0 Å². The molecule has 0 unspecified atom stereocenters.